The molecular weight excluding hydrogens is 340 g/mol. The fraction of sp³-hybridized carbons (Fsp3) is 0.250. The van der Waals surface area contributed by atoms with E-state index in [1.807, 2.05) is 49.3 Å². The first kappa shape index (κ1) is 17.1. The standard InChI is InChI=1S/C20H22N6O/c1-14-10-22-26(12-14)15(2)11-21-20(27)18-9-17(23-24-18)13-25-8-7-16-5-3-4-6-19(16)25/h3-10,12,15H,11,13H2,1-2H3,(H,21,27)(H,23,24)/t15-/m0/s1. The third-order valence-corrected chi connectivity index (χ3v) is 4.62. The van der Waals surface area contributed by atoms with Gasteiger partial charge in [-0.1, -0.05) is 18.2 Å². The molecule has 1 amide bonds. The van der Waals surface area contributed by atoms with Crippen LogP contribution in [-0.4, -0.2) is 37.0 Å². The van der Waals surface area contributed by atoms with Gasteiger partial charge in [-0.2, -0.15) is 10.2 Å². The van der Waals surface area contributed by atoms with Gasteiger partial charge in [0.1, 0.15) is 5.69 Å². The van der Waals surface area contributed by atoms with E-state index < -0.39 is 0 Å². The van der Waals surface area contributed by atoms with Crippen LogP contribution in [0.5, 0.6) is 0 Å². The summed E-state index contributed by atoms with van der Waals surface area (Å²) in [5.41, 5.74) is 3.53. The summed E-state index contributed by atoms with van der Waals surface area (Å²) in [7, 11) is 0. The quantitative estimate of drug-likeness (QED) is 0.553. The van der Waals surface area contributed by atoms with E-state index in [1.165, 1.54) is 5.39 Å². The lowest BCUT2D eigenvalue weighted by Gasteiger charge is -2.12. The van der Waals surface area contributed by atoms with Crippen LogP contribution >= 0.6 is 0 Å². The second kappa shape index (κ2) is 7.11. The van der Waals surface area contributed by atoms with E-state index in [4.69, 9.17) is 0 Å². The Hall–Kier alpha value is -3.35. The molecule has 2 N–H and O–H groups in total. The van der Waals surface area contributed by atoms with Gasteiger partial charge in [-0.15, -0.1) is 0 Å². The van der Waals surface area contributed by atoms with Gasteiger partial charge in [0.25, 0.3) is 5.91 Å². The van der Waals surface area contributed by atoms with Crippen LogP contribution in [0.1, 0.15) is 34.7 Å². The lowest BCUT2D eigenvalue weighted by Crippen LogP contribution is -2.30. The third kappa shape index (κ3) is 3.62. The molecule has 3 heterocycles. The van der Waals surface area contributed by atoms with Gasteiger partial charge < -0.3 is 9.88 Å². The number of nitrogens with one attached hydrogen (secondary N) is 2. The highest BCUT2D eigenvalue weighted by molar-refractivity contribution is 5.92. The molecule has 0 saturated heterocycles. The van der Waals surface area contributed by atoms with Crippen LogP contribution in [0.15, 0.2) is 55.0 Å². The highest BCUT2D eigenvalue weighted by Crippen LogP contribution is 2.16. The van der Waals surface area contributed by atoms with Gasteiger partial charge in [0.05, 0.1) is 24.5 Å². The monoisotopic (exact) mass is 362 g/mol. The van der Waals surface area contributed by atoms with Crippen molar-refractivity contribution >= 4 is 16.8 Å². The van der Waals surface area contributed by atoms with E-state index in [9.17, 15) is 4.79 Å². The van der Waals surface area contributed by atoms with Gasteiger partial charge in [-0.25, -0.2) is 0 Å². The number of aryl methyl sites for hydroxylation is 1. The van der Waals surface area contributed by atoms with Crippen LogP contribution in [0.2, 0.25) is 0 Å². The van der Waals surface area contributed by atoms with E-state index >= 15 is 0 Å². The Morgan fingerprint density at radius 2 is 2.15 bits per heavy atom. The van der Waals surface area contributed by atoms with Crippen LogP contribution in [0.25, 0.3) is 10.9 Å². The van der Waals surface area contributed by atoms with Crippen LogP contribution in [0, 0.1) is 6.92 Å². The molecular formula is C20H22N6O. The number of fused-ring (bicyclic) bond motifs is 1. The van der Waals surface area contributed by atoms with Crippen molar-refractivity contribution in [2.75, 3.05) is 6.54 Å². The SMILES string of the molecule is Cc1cnn([C@@H](C)CNC(=O)c2cc(Cn3ccc4ccccc43)[nH]n2)c1. The molecule has 0 fully saturated rings. The number of carbonyl (C=O) groups excluding carboxylic acids is 1. The van der Waals surface area contributed by atoms with Crippen LogP contribution in [-0.2, 0) is 6.54 Å². The van der Waals surface area contributed by atoms with Gasteiger partial charge in [-0.05, 0) is 43.0 Å². The number of rotatable bonds is 6. The summed E-state index contributed by atoms with van der Waals surface area (Å²) in [4.78, 5) is 12.4. The normalized spacial score (nSPS) is 12.4. The number of benzene rings is 1. The molecule has 1 atom stereocenters. The average molecular weight is 362 g/mol. The summed E-state index contributed by atoms with van der Waals surface area (Å²) in [5.74, 6) is -0.189. The molecule has 27 heavy (non-hydrogen) atoms. The molecule has 4 rings (SSSR count). The Morgan fingerprint density at radius 1 is 1.30 bits per heavy atom. The van der Waals surface area contributed by atoms with Gasteiger partial charge in [0, 0.05) is 24.5 Å². The van der Waals surface area contributed by atoms with Crippen LogP contribution in [0.4, 0.5) is 0 Å². The Morgan fingerprint density at radius 3 is 2.96 bits per heavy atom. The first-order valence-corrected chi connectivity index (χ1v) is 8.97. The zero-order chi connectivity index (χ0) is 18.8. The number of aromatic amines is 1. The van der Waals surface area contributed by atoms with E-state index in [1.54, 1.807) is 6.07 Å². The zero-order valence-electron chi connectivity index (χ0n) is 15.4. The van der Waals surface area contributed by atoms with E-state index in [2.05, 4.69) is 43.4 Å². The fourth-order valence-corrected chi connectivity index (χ4v) is 3.12. The Bertz CT molecular complexity index is 1070. The first-order valence-electron chi connectivity index (χ1n) is 8.97. The lowest BCUT2D eigenvalue weighted by molar-refractivity contribution is 0.0943. The van der Waals surface area contributed by atoms with E-state index in [0.29, 0.717) is 18.8 Å². The second-order valence-corrected chi connectivity index (χ2v) is 6.84. The molecule has 7 heteroatoms. The summed E-state index contributed by atoms with van der Waals surface area (Å²) in [6.45, 7) is 5.13. The molecule has 4 aromatic rings. The predicted molar refractivity (Wildman–Crippen MR) is 104 cm³/mol. The van der Waals surface area contributed by atoms with Crippen molar-refractivity contribution in [2.24, 2.45) is 0 Å². The molecule has 0 unspecified atom stereocenters. The molecule has 0 saturated carbocycles. The molecule has 3 aromatic heterocycles. The van der Waals surface area contributed by atoms with Gasteiger partial charge in [0.15, 0.2) is 0 Å². The lowest BCUT2D eigenvalue weighted by atomic mass is 10.2. The fourth-order valence-electron chi connectivity index (χ4n) is 3.12. The van der Waals surface area contributed by atoms with Crippen molar-refractivity contribution in [3.05, 3.63) is 71.9 Å². The van der Waals surface area contributed by atoms with Crippen LogP contribution in [0.3, 0.4) is 0 Å². The number of hydrogen-bond donors (Lipinski definition) is 2. The van der Waals surface area contributed by atoms with Crippen LogP contribution < -0.4 is 5.32 Å². The summed E-state index contributed by atoms with van der Waals surface area (Å²) >= 11 is 0. The highest BCUT2D eigenvalue weighted by Gasteiger charge is 2.13. The molecule has 0 aliphatic carbocycles. The number of nitrogens with zero attached hydrogens (tertiary/aromatic N) is 4. The van der Waals surface area contributed by atoms with Crippen molar-refractivity contribution in [1.82, 2.24) is 29.9 Å². The van der Waals surface area contributed by atoms with Gasteiger partial charge in [0.2, 0.25) is 0 Å². The molecule has 0 bridgehead atoms. The molecule has 0 aliphatic heterocycles. The number of para-hydroxylation sites is 1. The molecule has 7 nitrogen and oxygen atoms in total. The van der Waals surface area contributed by atoms with Crippen molar-refractivity contribution < 1.29 is 4.79 Å². The Kier molecular flexibility index (Phi) is 4.50. The molecule has 0 radical (unpaired) electrons. The minimum absolute atomic E-state index is 0.0762. The number of H-pyrrole nitrogens is 1. The summed E-state index contributed by atoms with van der Waals surface area (Å²) < 4.78 is 3.98. The van der Waals surface area contributed by atoms with E-state index in [0.717, 1.165) is 16.8 Å². The number of hydrogen-bond acceptors (Lipinski definition) is 3. The second-order valence-electron chi connectivity index (χ2n) is 6.84. The first-order chi connectivity index (χ1) is 13.1. The minimum atomic E-state index is -0.189. The summed E-state index contributed by atoms with van der Waals surface area (Å²) in [6, 6.07) is 12.2. The maximum Gasteiger partial charge on any atom is 0.271 e. The largest absolute Gasteiger partial charge is 0.349 e. The highest BCUT2D eigenvalue weighted by atomic mass is 16.1. The van der Waals surface area contributed by atoms with Crippen molar-refractivity contribution in [3.8, 4) is 0 Å². The molecule has 0 aliphatic rings. The third-order valence-electron chi connectivity index (χ3n) is 4.62. The molecule has 138 valence electrons. The Balaban J connectivity index is 1.39. The van der Waals surface area contributed by atoms with E-state index in [-0.39, 0.29) is 11.9 Å². The van der Waals surface area contributed by atoms with Crippen molar-refractivity contribution in [2.45, 2.75) is 26.4 Å². The van der Waals surface area contributed by atoms with Gasteiger partial charge >= 0.3 is 0 Å². The molecule has 0 spiro atoms. The smallest absolute Gasteiger partial charge is 0.271 e. The topological polar surface area (TPSA) is 80.5 Å². The number of aromatic nitrogens is 5. The van der Waals surface area contributed by atoms with Crippen molar-refractivity contribution in [3.63, 3.8) is 0 Å². The zero-order valence-corrected chi connectivity index (χ0v) is 15.4. The predicted octanol–water partition coefficient (Wildman–Crippen LogP) is 2.91. The van der Waals surface area contributed by atoms with Gasteiger partial charge in [-0.3, -0.25) is 14.6 Å². The Labute approximate surface area is 157 Å². The molecule has 1 aromatic carbocycles. The number of amides is 1. The number of carbonyl (C=O) groups is 1. The van der Waals surface area contributed by atoms with Crippen molar-refractivity contribution in [1.29, 1.82) is 0 Å². The maximum atomic E-state index is 12.4. The summed E-state index contributed by atoms with van der Waals surface area (Å²) in [5, 5.41) is 15.5. The summed E-state index contributed by atoms with van der Waals surface area (Å²) in [6.07, 6.45) is 5.81. The maximum absolute atomic E-state index is 12.4. The average Bonchev–Trinajstić information content (AvgIpc) is 3.40. The minimum Gasteiger partial charge on any atom is -0.349 e.